The van der Waals surface area contributed by atoms with Crippen molar-refractivity contribution in [2.45, 2.75) is 6.92 Å². The van der Waals surface area contributed by atoms with E-state index in [2.05, 4.69) is 15.1 Å². The Balaban J connectivity index is 1.86. The molecule has 0 atom stereocenters. The molecule has 0 fully saturated rings. The van der Waals surface area contributed by atoms with Crippen molar-refractivity contribution in [3.05, 3.63) is 64.9 Å². The number of rotatable bonds is 4. The second-order valence-electron chi connectivity index (χ2n) is 4.51. The number of hydrogen-bond acceptors (Lipinski definition) is 6. The van der Waals surface area contributed by atoms with Gasteiger partial charge in [-0.15, -0.1) is 0 Å². The Hall–Kier alpha value is -3.29. The van der Waals surface area contributed by atoms with Crippen LogP contribution in [0.25, 0.3) is 5.69 Å². The molecule has 0 spiro atoms. The minimum atomic E-state index is -0.475. The number of aryl methyl sites for hydroxylation is 1. The normalized spacial score (nSPS) is 10.4. The van der Waals surface area contributed by atoms with Crippen molar-refractivity contribution in [3.63, 3.8) is 0 Å². The van der Waals surface area contributed by atoms with Gasteiger partial charge in [0.15, 0.2) is 0 Å². The molecule has 0 unspecified atom stereocenters. The van der Waals surface area contributed by atoms with E-state index in [0.717, 1.165) is 5.69 Å². The van der Waals surface area contributed by atoms with Crippen molar-refractivity contribution >= 4 is 5.69 Å². The third-order valence-corrected chi connectivity index (χ3v) is 2.98. The summed E-state index contributed by atoms with van der Waals surface area (Å²) in [6.45, 7) is 1.64. The van der Waals surface area contributed by atoms with Crippen LogP contribution in [0.5, 0.6) is 11.6 Å². The van der Waals surface area contributed by atoms with Crippen molar-refractivity contribution in [3.8, 4) is 17.3 Å². The van der Waals surface area contributed by atoms with Gasteiger partial charge in [-0.2, -0.15) is 5.10 Å². The third-order valence-electron chi connectivity index (χ3n) is 2.98. The van der Waals surface area contributed by atoms with E-state index < -0.39 is 4.92 Å². The fourth-order valence-electron chi connectivity index (χ4n) is 1.92. The summed E-state index contributed by atoms with van der Waals surface area (Å²) in [5.74, 6) is 0.840. The monoisotopic (exact) mass is 297 g/mol. The first-order valence-electron chi connectivity index (χ1n) is 6.37. The number of pyridine rings is 1. The first kappa shape index (κ1) is 13.7. The molecule has 0 amide bonds. The SMILES string of the molecule is Cc1cc(Oc2cccc(-n3cncn3)c2)ncc1[N+](=O)[O-]. The van der Waals surface area contributed by atoms with E-state index in [1.165, 1.54) is 18.6 Å². The molecule has 0 saturated heterocycles. The van der Waals surface area contributed by atoms with Crippen LogP contribution in [0.4, 0.5) is 5.69 Å². The summed E-state index contributed by atoms with van der Waals surface area (Å²) in [4.78, 5) is 18.1. The minimum absolute atomic E-state index is 0.0382. The summed E-state index contributed by atoms with van der Waals surface area (Å²) in [6.07, 6.45) is 4.20. The largest absolute Gasteiger partial charge is 0.439 e. The first-order chi connectivity index (χ1) is 10.6. The Labute approximate surface area is 125 Å². The molecule has 8 heteroatoms. The van der Waals surface area contributed by atoms with Gasteiger partial charge in [0.25, 0.3) is 5.69 Å². The van der Waals surface area contributed by atoms with Crippen molar-refractivity contribution in [1.29, 1.82) is 0 Å². The molecule has 1 aromatic carbocycles. The zero-order valence-corrected chi connectivity index (χ0v) is 11.6. The maximum Gasteiger partial charge on any atom is 0.290 e. The van der Waals surface area contributed by atoms with Gasteiger partial charge in [0.05, 0.1) is 10.6 Å². The standard InChI is InChI=1S/C14H11N5O3/c1-10-5-14(16-7-13(10)19(20)21)22-12-4-2-3-11(6-12)18-9-15-8-17-18/h2-9H,1H3. The van der Waals surface area contributed by atoms with Crippen molar-refractivity contribution in [2.75, 3.05) is 0 Å². The van der Waals surface area contributed by atoms with Gasteiger partial charge in [-0.1, -0.05) is 6.07 Å². The molecule has 3 aromatic rings. The molecule has 0 aliphatic heterocycles. The van der Waals surface area contributed by atoms with Gasteiger partial charge in [0.1, 0.15) is 24.6 Å². The highest BCUT2D eigenvalue weighted by Gasteiger charge is 2.12. The fraction of sp³-hybridized carbons (Fsp3) is 0.0714. The van der Waals surface area contributed by atoms with Gasteiger partial charge in [-0.25, -0.2) is 14.6 Å². The van der Waals surface area contributed by atoms with Gasteiger partial charge in [0.2, 0.25) is 5.88 Å². The highest BCUT2D eigenvalue weighted by Crippen LogP contribution is 2.25. The molecule has 0 N–H and O–H groups in total. The van der Waals surface area contributed by atoms with Gasteiger partial charge in [-0.3, -0.25) is 10.1 Å². The zero-order chi connectivity index (χ0) is 15.5. The van der Waals surface area contributed by atoms with Crippen LogP contribution in [-0.4, -0.2) is 24.7 Å². The molecule has 2 heterocycles. The number of aromatic nitrogens is 4. The molecule has 3 rings (SSSR count). The molecule has 0 radical (unpaired) electrons. The Morgan fingerprint density at radius 2 is 2.18 bits per heavy atom. The van der Waals surface area contributed by atoms with E-state index in [0.29, 0.717) is 17.2 Å². The van der Waals surface area contributed by atoms with Crippen molar-refractivity contribution in [2.24, 2.45) is 0 Å². The summed E-state index contributed by atoms with van der Waals surface area (Å²) in [7, 11) is 0. The van der Waals surface area contributed by atoms with Crippen LogP contribution in [-0.2, 0) is 0 Å². The minimum Gasteiger partial charge on any atom is -0.439 e. The molecule has 0 aliphatic carbocycles. The van der Waals surface area contributed by atoms with Crippen LogP contribution in [0.15, 0.2) is 49.2 Å². The Bertz CT molecular complexity index is 817. The molecule has 2 aromatic heterocycles. The molecule has 0 bridgehead atoms. The molecular weight excluding hydrogens is 286 g/mol. The maximum atomic E-state index is 10.8. The Morgan fingerprint density at radius 3 is 2.86 bits per heavy atom. The highest BCUT2D eigenvalue weighted by atomic mass is 16.6. The average molecular weight is 297 g/mol. The molecule has 8 nitrogen and oxygen atoms in total. The Kier molecular flexibility index (Phi) is 3.48. The summed E-state index contributed by atoms with van der Waals surface area (Å²) in [6, 6.07) is 8.73. The van der Waals surface area contributed by atoms with E-state index in [1.54, 1.807) is 30.1 Å². The molecule has 0 aliphatic rings. The van der Waals surface area contributed by atoms with E-state index in [4.69, 9.17) is 4.74 Å². The van der Waals surface area contributed by atoms with Crippen LogP contribution >= 0.6 is 0 Å². The number of nitrogens with zero attached hydrogens (tertiary/aromatic N) is 5. The molecule has 110 valence electrons. The quantitative estimate of drug-likeness (QED) is 0.542. The second kappa shape index (κ2) is 5.60. The van der Waals surface area contributed by atoms with Gasteiger partial charge in [0, 0.05) is 17.7 Å². The topological polar surface area (TPSA) is 96.0 Å². The van der Waals surface area contributed by atoms with E-state index in [-0.39, 0.29) is 5.69 Å². The summed E-state index contributed by atoms with van der Waals surface area (Å²) in [5.41, 5.74) is 1.24. The van der Waals surface area contributed by atoms with E-state index in [1.807, 2.05) is 12.1 Å². The Morgan fingerprint density at radius 1 is 1.32 bits per heavy atom. The molecular formula is C14H11N5O3. The number of nitro groups is 1. The van der Waals surface area contributed by atoms with Gasteiger partial charge >= 0.3 is 0 Å². The van der Waals surface area contributed by atoms with E-state index >= 15 is 0 Å². The van der Waals surface area contributed by atoms with Gasteiger partial charge in [-0.05, 0) is 19.1 Å². The lowest BCUT2D eigenvalue weighted by Gasteiger charge is -2.07. The average Bonchev–Trinajstić information content (AvgIpc) is 3.01. The fourth-order valence-corrected chi connectivity index (χ4v) is 1.92. The first-order valence-corrected chi connectivity index (χ1v) is 6.37. The summed E-state index contributed by atoms with van der Waals surface area (Å²) < 4.78 is 7.24. The van der Waals surface area contributed by atoms with Crippen molar-refractivity contribution in [1.82, 2.24) is 19.7 Å². The predicted molar refractivity (Wildman–Crippen MR) is 77.1 cm³/mol. The maximum absolute atomic E-state index is 10.8. The number of ether oxygens (including phenoxy) is 1. The van der Waals surface area contributed by atoms with Crippen molar-refractivity contribution < 1.29 is 9.66 Å². The highest BCUT2D eigenvalue weighted by molar-refractivity contribution is 5.42. The second-order valence-corrected chi connectivity index (χ2v) is 4.51. The third kappa shape index (κ3) is 2.75. The van der Waals surface area contributed by atoms with Gasteiger partial charge < -0.3 is 4.74 Å². The lowest BCUT2D eigenvalue weighted by atomic mass is 10.2. The summed E-state index contributed by atoms with van der Waals surface area (Å²) >= 11 is 0. The zero-order valence-electron chi connectivity index (χ0n) is 11.6. The summed E-state index contributed by atoms with van der Waals surface area (Å²) in [5, 5.41) is 14.8. The predicted octanol–water partition coefficient (Wildman–Crippen LogP) is 2.67. The number of hydrogen-bond donors (Lipinski definition) is 0. The van der Waals surface area contributed by atoms with Crippen LogP contribution in [0.3, 0.4) is 0 Å². The lowest BCUT2D eigenvalue weighted by Crippen LogP contribution is -1.97. The van der Waals surface area contributed by atoms with E-state index in [9.17, 15) is 10.1 Å². The molecule has 22 heavy (non-hydrogen) atoms. The smallest absolute Gasteiger partial charge is 0.290 e. The lowest BCUT2D eigenvalue weighted by molar-refractivity contribution is -0.385. The van der Waals surface area contributed by atoms with Crippen LogP contribution in [0.2, 0.25) is 0 Å². The van der Waals surface area contributed by atoms with Crippen LogP contribution in [0, 0.1) is 17.0 Å². The van der Waals surface area contributed by atoms with Crippen LogP contribution in [0.1, 0.15) is 5.56 Å². The number of benzene rings is 1. The molecule has 0 saturated carbocycles. The van der Waals surface area contributed by atoms with Crippen LogP contribution < -0.4 is 4.74 Å².